The van der Waals surface area contributed by atoms with Gasteiger partial charge in [0.05, 0.1) is 28.0 Å². The molecule has 3 heterocycles. The predicted octanol–water partition coefficient (Wildman–Crippen LogP) is 1.26. The Hall–Kier alpha value is -2.72. The molecular formula is C18H21N5O4S. The summed E-state index contributed by atoms with van der Waals surface area (Å²) in [5.41, 5.74) is -0.0870. The van der Waals surface area contributed by atoms with Gasteiger partial charge >= 0.3 is 5.69 Å². The Bertz CT molecular complexity index is 1240. The number of H-pyrrole nitrogens is 2. The molecule has 28 heavy (non-hydrogen) atoms. The molecule has 0 radical (unpaired) electrons. The first kappa shape index (κ1) is 18.6. The van der Waals surface area contributed by atoms with Gasteiger partial charge in [0.2, 0.25) is 10.0 Å². The van der Waals surface area contributed by atoms with Crippen molar-refractivity contribution in [2.24, 2.45) is 7.05 Å². The highest BCUT2D eigenvalue weighted by molar-refractivity contribution is 7.89. The number of rotatable bonds is 3. The Morgan fingerprint density at radius 3 is 2.71 bits per heavy atom. The molecular weight excluding hydrogens is 382 g/mol. The van der Waals surface area contributed by atoms with Gasteiger partial charge in [0.25, 0.3) is 5.56 Å². The second kappa shape index (κ2) is 7.02. The first-order chi connectivity index (χ1) is 13.4. The smallest absolute Gasteiger partial charge is 0.307 e. The molecule has 1 fully saturated rings. The van der Waals surface area contributed by atoms with E-state index in [4.69, 9.17) is 0 Å². The van der Waals surface area contributed by atoms with Gasteiger partial charge in [0, 0.05) is 25.4 Å². The van der Waals surface area contributed by atoms with E-state index in [0.717, 1.165) is 24.8 Å². The van der Waals surface area contributed by atoms with Gasteiger partial charge in [-0.3, -0.25) is 14.5 Å². The largest absolute Gasteiger partial charge is 0.326 e. The van der Waals surface area contributed by atoms with Gasteiger partial charge in [-0.2, -0.15) is 9.40 Å². The van der Waals surface area contributed by atoms with Crippen LogP contribution < -0.4 is 11.2 Å². The van der Waals surface area contributed by atoms with Crippen LogP contribution in [0.25, 0.3) is 10.9 Å². The van der Waals surface area contributed by atoms with Crippen molar-refractivity contribution in [2.45, 2.75) is 36.6 Å². The fraction of sp³-hybridized carbons (Fsp3) is 0.389. The van der Waals surface area contributed by atoms with Crippen molar-refractivity contribution >= 4 is 20.9 Å². The number of hydrogen-bond donors (Lipinski definition) is 2. The average molecular weight is 403 g/mol. The van der Waals surface area contributed by atoms with Crippen LogP contribution in [-0.2, 0) is 17.1 Å². The Labute approximate surface area is 161 Å². The first-order valence-corrected chi connectivity index (χ1v) is 10.6. The number of aromatic amines is 2. The molecule has 0 saturated carbocycles. The third-order valence-corrected chi connectivity index (χ3v) is 7.03. The highest BCUT2D eigenvalue weighted by atomic mass is 32.2. The standard InChI is InChI=1S/C18H21N5O4S/c1-22-11-12(10-19-22)16-5-3-2-4-8-23(16)28(26,27)13-6-7-15-14(9-13)17(24)21-18(25)20-15/h6-7,9-11,16H,2-5,8H2,1H3,(H2,20,21,24,25)/t16-/m1/s1. The van der Waals surface area contributed by atoms with Crippen LogP contribution in [0.3, 0.4) is 0 Å². The lowest BCUT2D eigenvalue weighted by Crippen LogP contribution is -2.35. The zero-order chi connectivity index (χ0) is 19.9. The summed E-state index contributed by atoms with van der Waals surface area (Å²) >= 11 is 0. The Kier molecular flexibility index (Phi) is 4.68. The zero-order valence-electron chi connectivity index (χ0n) is 15.4. The quantitative estimate of drug-likeness (QED) is 0.682. The average Bonchev–Trinajstić information content (AvgIpc) is 2.92. The van der Waals surface area contributed by atoms with Crippen LogP contribution in [0.15, 0.2) is 45.1 Å². The highest BCUT2D eigenvalue weighted by Crippen LogP contribution is 2.34. The Balaban J connectivity index is 1.82. The molecule has 2 aromatic heterocycles. The van der Waals surface area contributed by atoms with Crippen LogP contribution in [0.1, 0.15) is 37.3 Å². The van der Waals surface area contributed by atoms with Crippen LogP contribution in [0.5, 0.6) is 0 Å². The summed E-state index contributed by atoms with van der Waals surface area (Å²) < 4.78 is 30.1. The van der Waals surface area contributed by atoms with Crippen molar-refractivity contribution in [3.8, 4) is 0 Å². The molecule has 10 heteroatoms. The second-order valence-corrected chi connectivity index (χ2v) is 8.93. The van der Waals surface area contributed by atoms with Gasteiger partial charge in [-0.25, -0.2) is 13.2 Å². The van der Waals surface area contributed by atoms with Gasteiger partial charge in [0.1, 0.15) is 0 Å². The highest BCUT2D eigenvalue weighted by Gasteiger charge is 2.34. The van der Waals surface area contributed by atoms with Gasteiger partial charge in [-0.15, -0.1) is 0 Å². The van der Waals surface area contributed by atoms with Gasteiger partial charge in [-0.1, -0.05) is 12.8 Å². The lowest BCUT2D eigenvalue weighted by Gasteiger charge is -2.28. The van der Waals surface area contributed by atoms with Gasteiger partial charge < -0.3 is 4.98 Å². The molecule has 0 spiro atoms. The number of aromatic nitrogens is 4. The third-order valence-electron chi connectivity index (χ3n) is 5.13. The van der Waals surface area contributed by atoms with Gasteiger partial charge in [-0.05, 0) is 31.0 Å². The maximum Gasteiger partial charge on any atom is 0.326 e. The lowest BCUT2D eigenvalue weighted by molar-refractivity contribution is 0.329. The minimum atomic E-state index is -3.84. The number of fused-ring (bicyclic) bond motifs is 1. The molecule has 2 N–H and O–H groups in total. The number of aryl methyl sites for hydroxylation is 1. The summed E-state index contributed by atoms with van der Waals surface area (Å²) in [5, 5.41) is 4.32. The summed E-state index contributed by atoms with van der Waals surface area (Å²) in [6, 6.07) is 3.91. The molecule has 4 rings (SSSR count). The van der Waals surface area contributed by atoms with E-state index in [1.165, 1.54) is 22.5 Å². The SMILES string of the molecule is Cn1cc([C@H]2CCCCCN2S(=O)(=O)c2ccc3[nH]c(=O)[nH]c(=O)c3c2)cn1. The summed E-state index contributed by atoms with van der Waals surface area (Å²) in [7, 11) is -2.04. The number of hydrogen-bond acceptors (Lipinski definition) is 5. The lowest BCUT2D eigenvalue weighted by atomic mass is 10.1. The molecule has 1 atom stereocenters. The van der Waals surface area contributed by atoms with Crippen molar-refractivity contribution in [2.75, 3.05) is 6.54 Å². The second-order valence-electron chi connectivity index (χ2n) is 7.04. The summed E-state index contributed by atoms with van der Waals surface area (Å²) in [4.78, 5) is 28.2. The molecule has 0 unspecified atom stereocenters. The minimum Gasteiger partial charge on any atom is -0.307 e. The molecule has 9 nitrogen and oxygen atoms in total. The van der Waals surface area contributed by atoms with Crippen molar-refractivity contribution < 1.29 is 8.42 Å². The van der Waals surface area contributed by atoms with Crippen LogP contribution in [0, 0.1) is 0 Å². The predicted molar refractivity (Wildman–Crippen MR) is 103 cm³/mol. The molecule has 1 aliphatic rings. The first-order valence-electron chi connectivity index (χ1n) is 9.13. The molecule has 148 valence electrons. The molecule has 3 aromatic rings. The number of benzene rings is 1. The zero-order valence-corrected chi connectivity index (χ0v) is 16.2. The van der Waals surface area contributed by atoms with E-state index in [1.54, 1.807) is 17.9 Å². The fourth-order valence-corrected chi connectivity index (χ4v) is 5.46. The van der Waals surface area contributed by atoms with Crippen LogP contribution >= 0.6 is 0 Å². The van der Waals surface area contributed by atoms with Crippen molar-refractivity contribution in [3.63, 3.8) is 0 Å². The van der Waals surface area contributed by atoms with E-state index in [9.17, 15) is 18.0 Å². The number of nitrogens with zero attached hydrogens (tertiary/aromatic N) is 3. The molecule has 0 bridgehead atoms. The molecule has 1 aromatic carbocycles. The molecule has 0 aliphatic carbocycles. The number of sulfonamides is 1. The molecule has 1 saturated heterocycles. The van der Waals surface area contributed by atoms with E-state index >= 15 is 0 Å². The van der Waals surface area contributed by atoms with Gasteiger partial charge in [0.15, 0.2) is 0 Å². The maximum absolute atomic E-state index is 13.5. The molecule has 1 aliphatic heterocycles. The summed E-state index contributed by atoms with van der Waals surface area (Å²) in [5.74, 6) is 0. The monoisotopic (exact) mass is 403 g/mol. The van der Waals surface area contributed by atoms with Crippen LogP contribution in [0.4, 0.5) is 0 Å². The van der Waals surface area contributed by atoms with Crippen LogP contribution in [-0.4, -0.2) is 39.0 Å². The van der Waals surface area contributed by atoms with E-state index < -0.39 is 21.3 Å². The van der Waals surface area contributed by atoms with E-state index in [2.05, 4.69) is 15.1 Å². The van der Waals surface area contributed by atoms with Crippen molar-refractivity contribution in [1.29, 1.82) is 0 Å². The topological polar surface area (TPSA) is 121 Å². The minimum absolute atomic E-state index is 0.0355. The maximum atomic E-state index is 13.5. The fourth-order valence-electron chi connectivity index (χ4n) is 3.75. The van der Waals surface area contributed by atoms with E-state index in [-0.39, 0.29) is 16.3 Å². The Morgan fingerprint density at radius 1 is 1.14 bits per heavy atom. The summed E-state index contributed by atoms with van der Waals surface area (Å²) in [6.45, 7) is 0.405. The third kappa shape index (κ3) is 3.29. The summed E-state index contributed by atoms with van der Waals surface area (Å²) in [6.07, 6.45) is 6.93. The molecule has 0 amide bonds. The normalized spacial score (nSPS) is 19.0. The number of nitrogens with one attached hydrogen (secondary N) is 2. The van der Waals surface area contributed by atoms with E-state index in [0.29, 0.717) is 18.5 Å². The van der Waals surface area contributed by atoms with Crippen molar-refractivity contribution in [3.05, 3.63) is 57.0 Å². The Morgan fingerprint density at radius 2 is 1.96 bits per heavy atom. The van der Waals surface area contributed by atoms with E-state index in [1.807, 2.05) is 6.20 Å². The van der Waals surface area contributed by atoms with Crippen molar-refractivity contribution in [1.82, 2.24) is 24.1 Å². The van der Waals surface area contributed by atoms with Crippen LogP contribution in [0.2, 0.25) is 0 Å².